The highest BCUT2D eigenvalue weighted by molar-refractivity contribution is 7.14. The highest BCUT2D eigenvalue weighted by atomic mass is 35.5. The van der Waals surface area contributed by atoms with Crippen molar-refractivity contribution in [2.24, 2.45) is 0 Å². The molecule has 0 radical (unpaired) electrons. The fourth-order valence-corrected chi connectivity index (χ4v) is 4.47. The number of thiazole rings is 1. The molecule has 2 heterocycles. The van der Waals surface area contributed by atoms with E-state index >= 15 is 0 Å². The van der Waals surface area contributed by atoms with Gasteiger partial charge in [-0.05, 0) is 12.1 Å². The molecule has 33 heavy (non-hydrogen) atoms. The number of rotatable bonds is 6. The van der Waals surface area contributed by atoms with Crippen LogP contribution in [0.4, 0.5) is 10.8 Å². The van der Waals surface area contributed by atoms with E-state index in [1.54, 1.807) is 46.7 Å². The van der Waals surface area contributed by atoms with Crippen molar-refractivity contribution < 1.29 is 14.5 Å². The van der Waals surface area contributed by atoms with Gasteiger partial charge in [-0.15, -0.1) is 11.3 Å². The highest BCUT2D eigenvalue weighted by Gasteiger charge is 2.24. The van der Waals surface area contributed by atoms with E-state index in [-0.39, 0.29) is 24.0 Å². The van der Waals surface area contributed by atoms with Crippen molar-refractivity contribution in [1.82, 2.24) is 14.8 Å². The second-order valence-electron chi connectivity index (χ2n) is 7.44. The van der Waals surface area contributed by atoms with Crippen molar-refractivity contribution in [3.05, 3.63) is 74.6 Å². The van der Waals surface area contributed by atoms with E-state index in [2.05, 4.69) is 10.3 Å². The van der Waals surface area contributed by atoms with Gasteiger partial charge in [0.25, 0.3) is 11.6 Å². The largest absolute Gasteiger partial charge is 0.336 e. The SMILES string of the molecule is O=C(CN1CCN(C(=O)c2ccccc2Cl)CC1)Nc1nc(-c2cccc([N+](=O)[O-])c2)cs1. The summed E-state index contributed by atoms with van der Waals surface area (Å²) in [6.45, 7) is 2.33. The molecule has 3 aromatic rings. The molecule has 9 nitrogen and oxygen atoms in total. The molecule has 4 rings (SSSR count). The van der Waals surface area contributed by atoms with Crippen molar-refractivity contribution in [3.63, 3.8) is 0 Å². The third kappa shape index (κ3) is 5.54. The van der Waals surface area contributed by atoms with Crippen LogP contribution in [0.2, 0.25) is 5.02 Å². The van der Waals surface area contributed by atoms with Crippen molar-refractivity contribution in [2.75, 3.05) is 38.0 Å². The van der Waals surface area contributed by atoms with Crippen molar-refractivity contribution in [3.8, 4) is 11.3 Å². The van der Waals surface area contributed by atoms with Gasteiger partial charge in [0.05, 0.1) is 27.7 Å². The molecule has 1 fully saturated rings. The van der Waals surface area contributed by atoms with Gasteiger partial charge in [0, 0.05) is 49.3 Å². The molecule has 1 aromatic heterocycles. The lowest BCUT2D eigenvalue weighted by molar-refractivity contribution is -0.384. The molecule has 11 heteroatoms. The Morgan fingerprint density at radius 3 is 2.61 bits per heavy atom. The molecule has 1 saturated heterocycles. The predicted molar refractivity (Wildman–Crippen MR) is 127 cm³/mol. The van der Waals surface area contributed by atoms with Crippen molar-refractivity contribution in [1.29, 1.82) is 0 Å². The zero-order valence-electron chi connectivity index (χ0n) is 17.4. The summed E-state index contributed by atoms with van der Waals surface area (Å²) in [5.74, 6) is -0.318. The zero-order chi connectivity index (χ0) is 23.4. The number of aromatic nitrogens is 1. The summed E-state index contributed by atoms with van der Waals surface area (Å²) in [6.07, 6.45) is 0. The van der Waals surface area contributed by atoms with Crippen LogP contribution in [0.5, 0.6) is 0 Å². The molecule has 0 atom stereocenters. The van der Waals surface area contributed by atoms with Crippen LogP contribution in [0.3, 0.4) is 0 Å². The Hall–Kier alpha value is -3.34. The number of non-ortho nitro benzene ring substituents is 1. The van der Waals surface area contributed by atoms with E-state index in [9.17, 15) is 19.7 Å². The van der Waals surface area contributed by atoms with E-state index in [0.29, 0.717) is 53.2 Å². The molecule has 1 aliphatic heterocycles. The summed E-state index contributed by atoms with van der Waals surface area (Å²) in [7, 11) is 0. The average molecular weight is 486 g/mol. The Morgan fingerprint density at radius 2 is 1.88 bits per heavy atom. The number of hydrogen-bond donors (Lipinski definition) is 1. The summed E-state index contributed by atoms with van der Waals surface area (Å²) in [6, 6.07) is 13.2. The van der Waals surface area contributed by atoms with Gasteiger partial charge < -0.3 is 10.2 Å². The number of carbonyl (C=O) groups is 2. The quantitative estimate of drug-likeness (QED) is 0.420. The Balaban J connectivity index is 1.29. The lowest BCUT2D eigenvalue weighted by Gasteiger charge is -2.34. The third-order valence-electron chi connectivity index (χ3n) is 5.23. The maximum Gasteiger partial charge on any atom is 0.270 e. The zero-order valence-corrected chi connectivity index (χ0v) is 19.0. The summed E-state index contributed by atoms with van der Waals surface area (Å²) in [5.41, 5.74) is 1.64. The van der Waals surface area contributed by atoms with Crippen LogP contribution in [-0.2, 0) is 4.79 Å². The normalized spacial score (nSPS) is 14.2. The Bertz CT molecular complexity index is 1190. The molecule has 0 aliphatic carbocycles. The second-order valence-corrected chi connectivity index (χ2v) is 8.71. The molecule has 0 spiro atoms. The maximum atomic E-state index is 12.7. The van der Waals surface area contributed by atoms with Crippen LogP contribution in [0, 0.1) is 10.1 Å². The van der Waals surface area contributed by atoms with Crippen LogP contribution in [0.15, 0.2) is 53.9 Å². The van der Waals surface area contributed by atoms with Gasteiger partial charge in [-0.3, -0.25) is 24.6 Å². The van der Waals surface area contributed by atoms with Crippen LogP contribution < -0.4 is 5.32 Å². The van der Waals surface area contributed by atoms with Gasteiger partial charge in [0.15, 0.2) is 5.13 Å². The van der Waals surface area contributed by atoms with Gasteiger partial charge in [-0.25, -0.2) is 4.98 Å². The van der Waals surface area contributed by atoms with Crippen LogP contribution in [0.25, 0.3) is 11.3 Å². The van der Waals surface area contributed by atoms with E-state index in [1.807, 2.05) is 4.90 Å². The van der Waals surface area contributed by atoms with Crippen LogP contribution >= 0.6 is 22.9 Å². The van der Waals surface area contributed by atoms with E-state index in [1.165, 1.54) is 23.5 Å². The average Bonchev–Trinajstić information content (AvgIpc) is 3.28. The fraction of sp³-hybridized carbons (Fsp3) is 0.227. The summed E-state index contributed by atoms with van der Waals surface area (Å²) >= 11 is 7.38. The van der Waals surface area contributed by atoms with Gasteiger partial charge in [0.2, 0.25) is 5.91 Å². The molecule has 0 unspecified atom stereocenters. The number of nitro benzene ring substituents is 1. The Morgan fingerprint density at radius 1 is 1.12 bits per heavy atom. The number of halogens is 1. The number of nitrogens with one attached hydrogen (secondary N) is 1. The first-order chi connectivity index (χ1) is 15.9. The number of piperazine rings is 1. The van der Waals surface area contributed by atoms with E-state index < -0.39 is 4.92 Å². The number of anilines is 1. The molecule has 2 amide bonds. The minimum Gasteiger partial charge on any atom is -0.336 e. The molecule has 1 aliphatic rings. The van der Waals surface area contributed by atoms with Crippen LogP contribution in [-0.4, -0.2) is 64.2 Å². The fourth-order valence-electron chi connectivity index (χ4n) is 3.52. The first-order valence-corrected chi connectivity index (χ1v) is 11.4. The molecular weight excluding hydrogens is 466 g/mol. The minimum absolute atomic E-state index is 0.0155. The van der Waals surface area contributed by atoms with E-state index in [0.717, 1.165) is 0 Å². The smallest absolute Gasteiger partial charge is 0.270 e. The molecule has 0 saturated carbocycles. The lowest BCUT2D eigenvalue weighted by Crippen LogP contribution is -2.50. The first-order valence-electron chi connectivity index (χ1n) is 10.2. The number of benzene rings is 2. The number of nitrogens with zero attached hydrogens (tertiary/aromatic N) is 4. The van der Waals surface area contributed by atoms with Gasteiger partial charge in [-0.1, -0.05) is 35.9 Å². The first kappa shape index (κ1) is 22.8. The van der Waals surface area contributed by atoms with Gasteiger partial charge in [-0.2, -0.15) is 0 Å². The number of carbonyl (C=O) groups excluding carboxylic acids is 2. The molecule has 2 aromatic carbocycles. The third-order valence-corrected chi connectivity index (χ3v) is 6.32. The van der Waals surface area contributed by atoms with Crippen LogP contribution in [0.1, 0.15) is 10.4 Å². The second kappa shape index (κ2) is 10.1. The number of amides is 2. The number of hydrogen-bond acceptors (Lipinski definition) is 7. The monoisotopic (exact) mass is 485 g/mol. The highest BCUT2D eigenvalue weighted by Crippen LogP contribution is 2.27. The Labute approximate surface area is 198 Å². The summed E-state index contributed by atoms with van der Waals surface area (Å²) in [4.78, 5) is 43.7. The van der Waals surface area contributed by atoms with E-state index in [4.69, 9.17) is 11.6 Å². The molecule has 1 N–H and O–H groups in total. The molecular formula is C22H20ClN5O4S. The van der Waals surface area contributed by atoms with Gasteiger partial charge in [0.1, 0.15) is 0 Å². The number of nitro groups is 1. The lowest BCUT2D eigenvalue weighted by atomic mass is 10.1. The standard InChI is InChI=1S/C22H20ClN5O4S/c23-18-7-2-1-6-17(18)21(30)27-10-8-26(9-11-27)13-20(29)25-22-24-19(14-33-22)15-4-3-5-16(12-15)28(31)32/h1-7,12,14H,8-11,13H2,(H,24,25,29). The summed E-state index contributed by atoms with van der Waals surface area (Å²) < 4.78 is 0. The maximum absolute atomic E-state index is 12.7. The minimum atomic E-state index is -0.458. The van der Waals surface area contributed by atoms with Gasteiger partial charge >= 0.3 is 0 Å². The van der Waals surface area contributed by atoms with Crippen molar-refractivity contribution in [2.45, 2.75) is 0 Å². The summed E-state index contributed by atoms with van der Waals surface area (Å²) in [5, 5.41) is 16.3. The molecule has 170 valence electrons. The predicted octanol–water partition coefficient (Wildman–Crippen LogP) is 3.77. The topological polar surface area (TPSA) is 109 Å². The Kier molecular flexibility index (Phi) is 6.97. The van der Waals surface area contributed by atoms with Crippen molar-refractivity contribution >= 4 is 45.6 Å². The molecule has 0 bridgehead atoms.